The molecule has 9 atom stereocenters. The molecule has 0 aliphatic heterocycles. The van der Waals surface area contributed by atoms with E-state index in [-0.39, 0.29) is 120 Å². The molecule has 42 nitrogen and oxygen atoms in total. The summed E-state index contributed by atoms with van der Waals surface area (Å²) in [6.45, 7) is 3.06. The Morgan fingerprint density at radius 2 is 0.673 bits per heavy atom. The van der Waals surface area contributed by atoms with Crippen molar-refractivity contribution in [2.24, 2.45) is 77.5 Å². The third-order valence-electron chi connectivity index (χ3n) is 14.3. The third kappa shape index (κ3) is 42.5. The highest BCUT2D eigenvalue weighted by Crippen LogP contribution is 2.07. The van der Waals surface area contributed by atoms with Gasteiger partial charge in [-0.2, -0.15) is 11.8 Å². The lowest BCUT2D eigenvalue weighted by Crippen LogP contribution is -2.57. The van der Waals surface area contributed by atoms with Crippen molar-refractivity contribution in [2.45, 2.75) is 159 Å². The zero-order chi connectivity index (χ0) is 76.7. The van der Waals surface area contributed by atoms with E-state index < -0.39 is 170 Å². The number of hydrogen-bond donors (Lipinski definition) is 23. The van der Waals surface area contributed by atoms with Gasteiger partial charge in [-0.05, 0) is 115 Å². The largest absolute Gasteiger partial charge is 0.480 e. The second kappa shape index (κ2) is 51.1. The lowest BCUT2D eigenvalue weighted by Gasteiger charge is -2.23. The number of nitrogens with one attached hydrogen (secondary N) is 13. The minimum Gasteiger partial charge on any atom is -0.480 e. The maximum atomic E-state index is 13.8. The van der Waals surface area contributed by atoms with Crippen LogP contribution in [-0.4, -0.2) is 263 Å². The van der Waals surface area contributed by atoms with Crippen LogP contribution in [-0.2, 0) is 67.1 Å². The second-order valence-electron chi connectivity index (χ2n) is 23.5. The molecule has 0 bridgehead atoms. The smallest absolute Gasteiger partial charge is 0.326 e. The van der Waals surface area contributed by atoms with E-state index in [0.717, 1.165) is 0 Å². The molecule has 0 aliphatic rings. The Kier molecular flexibility index (Phi) is 46.0. The average molecular weight is 1460 g/mol. The van der Waals surface area contributed by atoms with Crippen molar-refractivity contribution in [3.63, 3.8) is 0 Å². The maximum Gasteiger partial charge on any atom is 0.326 e. The summed E-state index contributed by atoms with van der Waals surface area (Å²) >= 11 is 1.32. The Morgan fingerprint density at radius 3 is 0.970 bits per heavy atom. The summed E-state index contributed by atoms with van der Waals surface area (Å²) in [4.78, 5) is 202. The topological polar surface area (TPSA) is 702 Å². The van der Waals surface area contributed by atoms with Gasteiger partial charge in [-0.25, -0.2) is 4.79 Å². The molecule has 0 saturated heterocycles. The molecular formula is C58H109N27O15S. The number of carbonyl (C=O) groups excluding carboxylic acids is 13. The van der Waals surface area contributed by atoms with E-state index in [9.17, 15) is 72.2 Å². The van der Waals surface area contributed by atoms with Gasteiger partial charge >= 0.3 is 5.97 Å². The number of nitrogens with zero attached hydrogens (tertiary/aromatic N) is 5. The number of carbonyl (C=O) groups is 14. The minimum absolute atomic E-state index is 0.00161. The van der Waals surface area contributed by atoms with Gasteiger partial charge in [0.2, 0.25) is 76.8 Å². The molecule has 0 aromatic carbocycles. The van der Waals surface area contributed by atoms with Crippen LogP contribution >= 0.6 is 11.8 Å². The fourth-order valence-electron chi connectivity index (χ4n) is 8.53. The first kappa shape index (κ1) is 90.9. The molecule has 0 unspecified atom stereocenters. The first-order valence-electron chi connectivity index (χ1n) is 32.6. The number of rotatable bonds is 51. The average Bonchev–Trinajstić information content (AvgIpc) is 0.917. The second-order valence-corrected chi connectivity index (χ2v) is 24.5. The molecule has 43 heteroatoms. The van der Waals surface area contributed by atoms with Gasteiger partial charge < -0.3 is 131 Å². The summed E-state index contributed by atoms with van der Waals surface area (Å²) in [7, 11) is 3.30. The number of carboxylic acid groups (broad SMARTS) is 1. The van der Waals surface area contributed by atoms with Crippen molar-refractivity contribution in [1.82, 2.24) is 74.0 Å². The van der Waals surface area contributed by atoms with E-state index in [1.165, 1.54) is 30.5 Å². The van der Waals surface area contributed by atoms with Gasteiger partial charge in [0.1, 0.15) is 48.3 Å². The molecule has 101 heavy (non-hydrogen) atoms. The summed E-state index contributed by atoms with van der Waals surface area (Å²) in [5.74, 6) is -12.6. The lowest BCUT2D eigenvalue weighted by atomic mass is 10.0. The van der Waals surface area contributed by atoms with Crippen molar-refractivity contribution in [2.75, 3.05) is 91.6 Å². The normalized spacial score (nSPS) is 13.6. The van der Waals surface area contributed by atoms with Crippen molar-refractivity contribution < 1.29 is 72.2 Å². The zero-order valence-electron chi connectivity index (χ0n) is 58.5. The molecule has 0 spiro atoms. The van der Waals surface area contributed by atoms with Gasteiger partial charge in [0.15, 0.2) is 23.8 Å². The van der Waals surface area contributed by atoms with Crippen LogP contribution < -0.4 is 121 Å². The van der Waals surface area contributed by atoms with Crippen molar-refractivity contribution >= 4 is 118 Å². The molecule has 572 valence electrons. The first-order valence-corrected chi connectivity index (χ1v) is 34.0. The number of nitrogens with two attached hydrogens (primary N) is 9. The summed E-state index contributed by atoms with van der Waals surface area (Å²) in [5, 5.41) is 41.2. The molecule has 32 N–H and O–H groups in total. The standard InChI is InChI=1S/C58H109N27O15S/c1-31(2)45(60)53(98)78-32(3)46(91)77-33(4)47(92)84-37(18-12-23-70-57(65)66)51(96)75-27-41(87)79-34(15-10-21-68-55(61)62)48(93)72-26-40(86)81-36(17-13-24-71-58(67)85(5)6)50(95)73-29-43(89)82-38(19-25-101-7)52(97)76-28-42(88)80-35(16-11-22-69-56(63)64)49(94)74-30-44(90)83-39(54(99)100)14-8-9-20-59/h31-39,45H,8-30,59-60H2,1-7H3,(H2,67,71)(H,72,93)(H,73,95)(H,74,94)(H,75,96)(H,76,97)(H,77,91)(H,78,98)(H,79,87)(H,80,88)(H,81,86)(H,82,89)(H,83,90)(H,84,92)(H,99,100)(H4,61,62,68)(H4,63,64,69)(H4,65,66,70)/t32-,33-,34-,35-,36-,37-,38-,39-,45-/m0/s1. The first-order chi connectivity index (χ1) is 47.5. The van der Waals surface area contributed by atoms with Crippen LogP contribution in [0.2, 0.25) is 0 Å². The Labute approximate surface area is 590 Å². The molecule has 0 radical (unpaired) electrons. The zero-order valence-corrected chi connectivity index (χ0v) is 59.4. The number of unbranched alkanes of at least 4 members (excludes halogenated alkanes) is 1. The van der Waals surface area contributed by atoms with Crippen LogP contribution in [0.1, 0.15) is 105 Å². The Hall–Kier alpha value is -10.1. The quantitative estimate of drug-likeness (QED) is 0.0153. The minimum atomic E-state index is -1.39. The Balaban J connectivity index is 6.27. The third-order valence-corrected chi connectivity index (χ3v) is 14.9. The monoisotopic (exact) mass is 1460 g/mol. The Morgan fingerprint density at radius 1 is 0.386 bits per heavy atom. The van der Waals surface area contributed by atoms with Crippen LogP contribution in [0.25, 0.3) is 0 Å². The fraction of sp³-hybridized carbons (Fsp3) is 0.690. The van der Waals surface area contributed by atoms with Crippen molar-refractivity contribution in [3.05, 3.63) is 0 Å². The van der Waals surface area contributed by atoms with Crippen LogP contribution in [0.5, 0.6) is 0 Å². The highest BCUT2D eigenvalue weighted by atomic mass is 32.2. The molecule has 0 saturated carbocycles. The van der Waals surface area contributed by atoms with Crippen molar-refractivity contribution in [3.8, 4) is 0 Å². The van der Waals surface area contributed by atoms with Crippen LogP contribution in [0.4, 0.5) is 0 Å². The number of thioether (sulfide) groups is 1. The van der Waals surface area contributed by atoms with E-state index in [1.807, 2.05) is 0 Å². The number of amides is 13. The van der Waals surface area contributed by atoms with E-state index in [2.05, 4.69) is 89.1 Å². The molecule has 0 heterocycles. The number of carboxylic acids is 1. The van der Waals surface area contributed by atoms with E-state index >= 15 is 0 Å². The van der Waals surface area contributed by atoms with Gasteiger partial charge in [-0.1, -0.05) is 13.8 Å². The van der Waals surface area contributed by atoms with E-state index in [1.54, 1.807) is 34.2 Å². The summed E-state index contributed by atoms with van der Waals surface area (Å²) in [6, 6.07) is -11.1. The summed E-state index contributed by atoms with van der Waals surface area (Å²) in [6.07, 6.45) is 3.07. The van der Waals surface area contributed by atoms with E-state index in [0.29, 0.717) is 25.1 Å². The molecular weight excluding hydrogens is 1350 g/mol. The number of aliphatic imine (C=N–C) groups is 4. The van der Waals surface area contributed by atoms with Gasteiger partial charge in [0, 0.05) is 40.3 Å². The van der Waals surface area contributed by atoms with Crippen LogP contribution in [0.15, 0.2) is 20.0 Å². The highest BCUT2D eigenvalue weighted by molar-refractivity contribution is 7.98. The lowest BCUT2D eigenvalue weighted by molar-refractivity contribution is -0.142. The molecule has 0 rings (SSSR count). The van der Waals surface area contributed by atoms with Gasteiger partial charge in [0.05, 0.1) is 38.8 Å². The number of hydrogen-bond acceptors (Lipinski definition) is 21. The van der Waals surface area contributed by atoms with Gasteiger partial charge in [0.25, 0.3) is 0 Å². The fourth-order valence-corrected chi connectivity index (χ4v) is 9.00. The van der Waals surface area contributed by atoms with Crippen molar-refractivity contribution in [1.29, 1.82) is 0 Å². The van der Waals surface area contributed by atoms with Crippen LogP contribution in [0, 0.1) is 5.92 Å². The van der Waals surface area contributed by atoms with E-state index in [4.69, 9.17) is 51.6 Å². The molecule has 13 amide bonds. The SMILES string of the molecule is CSCC[C@H](NC(=O)CNC(=O)[C@H](CCCN=C(N)N(C)C)NC(=O)CNC(=O)[C@H](CCCN=C(N)N)NC(=O)CNC(=O)[C@H](CCCN=C(N)N)NC(=O)[C@H](C)NC(=O)[C@H](C)NC(=O)[C@@H](N)C(C)C)C(=O)NCC(=O)N[C@@H](CCCN=C(N)N)C(=O)NCC(=O)N[C@@H](CCCCN)C(=O)O. The van der Waals surface area contributed by atoms with Gasteiger partial charge in [-0.3, -0.25) is 82.3 Å². The summed E-state index contributed by atoms with van der Waals surface area (Å²) < 4.78 is 0. The molecule has 0 aromatic rings. The predicted molar refractivity (Wildman–Crippen MR) is 377 cm³/mol. The Bertz CT molecular complexity index is 2850. The maximum absolute atomic E-state index is 13.8. The number of guanidine groups is 4. The predicted octanol–water partition coefficient (Wildman–Crippen LogP) is -10.7. The van der Waals surface area contributed by atoms with Crippen LogP contribution in [0.3, 0.4) is 0 Å². The molecule has 0 aromatic heterocycles. The van der Waals surface area contributed by atoms with Gasteiger partial charge in [-0.15, -0.1) is 0 Å². The molecule has 0 aliphatic carbocycles. The summed E-state index contributed by atoms with van der Waals surface area (Å²) in [5.41, 5.74) is 49.9. The molecule has 0 fully saturated rings. The highest BCUT2D eigenvalue weighted by Gasteiger charge is 2.31. The number of aliphatic carboxylic acids is 1.